The van der Waals surface area contributed by atoms with Crippen molar-refractivity contribution in [2.24, 2.45) is 5.92 Å². The Labute approximate surface area is 159 Å². The number of benzene rings is 1. The molecule has 2 heterocycles. The van der Waals surface area contributed by atoms with Crippen LogP contribution in [0.1, 0.15) is 35.4 Å². The van der Waals surface area contributed by atoms with Crippen LogP contribution in [0.25, 0.3) is 0 Å². The van der Waals surface area contributed by atoms with E-state index in [1.165, 1.54) is 4.31 Å². The molecule has 0 aliphatic carbocycles. The first-order chi connectivity index (χ1) is 12.7. The summed E-state index contributed by atoms with van der Waals surface area (Å²) in [5.41, 5.74) is 3.21. The molecule has 1 fully saturated rings. The summed E-state index contributed by atoms with van der Waals surface area (Å²) < 4.78 is 32.4. The highest BCUT2D eigenvalue weighted by atomic mass is 32.2. The number of sulfonamides is 1. The van der Waals surface area contributed by atoms with Crippen LogP contribution in [-0.2, 0) is 14.8 Å². The van der Waals surface area contributed by atoms with E-state index < -0.39 is 15.9 Å². The van der Waals surface area contributed by atoms with Crippen molar-refractivity contribution in [3.05, 3.63) is 40.8 Å². The fraction of sp³-hybridized carbons (Fsp3) is 0.474. The number of aryl methyl sites for hydroxylation is 4. The molecule has 1 saturated heterocycles. The number of carbonyl (C=O) groups excluding carboxylic acids is 1. The van der Waals surface area contributed by atoms with Crippen molar-refractivity contribution >= 4 is 21.6 Å². The van der Waals surface area contributed by atoms with E-state index in [9.17, 15) is 13.2 Å². The molecular weight excluding hydrogens is 366 g/mol. The van der Waals surface area contributed by atoms with Gasteiger partial charge in [0.15, 0.2) is 5.76 Å². The average molecular weight is 391 g/mol. The molecule has 2 aromatic rings. The Morgan fingerprint density at radius 3 is 2.44 bits per heavy atom. The summed E-state index contributed by atoms with van der Waals surface area (Å²) in [7, 11) is -3.74. The van der Waals surface area contributed by atoms with Crippen LogP contribution in [0.15, 0.2) is 27.6 Å². The molecule has 0 bridgehead atoms. The second-order valence-electron chi connectivity index (χ2n) is 7.22. The minimum absolute atomic E-state index is 0.109. The van der Waals surface area contributed by atoms with Crippen LogP contribution >= 0.6 is 0 Å². The Kier molecular flexibility index (Phi) is 5.39. The third-order valence-electron chi connectivity index (χ3n) is 4.81. The minimum Gasteiger partial charge on any atom is -0.360 e. The maximum absolute atomic E-state index is 13.0. The molecule has 3 rings (SSSR count). The summed E-state index contributed by atoms with van der Waals surface area (Å²) in [4.78, 5) is 12.8. The molecule has 0 unspecified atom stereocenters. The zero-order valence-corrected chi connectivity index (χ0v) is 16.9. The maximum Gasteiger partial charge on any atom is 0.248 e. The van der Waals surface area contributed by atoms with Gasteiger partial charge in [-0.05, 0) is 63.8 Å². The van der Waals surface area contributed by atoms with Crippen molar-refractivity contribution in [2.75, 3.05) is 18.4 Å². The second-order valence-corrected chi connectivity index (χ2v) is 9.10. The Bertz CT molecular complexity index is 926. The Morgan fingerprint density at radius 1 is 1.19 bits per heavy atom. The van der Waals surface area contributed by atoms with E-state index in [-0.39, 0.29) is 23.1 Å². The lowest BCUT2D eigenvalue weighted by Crippen LogP contribution is -2.43. The van der Waals surface area contributed by atoms with E-state index in [4.69, 9.17) is 4.52 Å². The minimum atomic E-state index is -3.74. The van der Waals surface area contributed by atoms with Gasteiger partial charge in [0.1, 0.15) is 10.6 Å². The molecule has 1 atom stereocenters. The third kappa shape index (κ3) is 4.06. The van der Waals surface area contributed by atoms with E-state index >= 15 is 0 Å². The number of rotatable bonds is 4. The molecule has 7 nitrogen and oxygen atoms in total. The molecule has 1 aliphatic heterocycles. The predicted molar refractivity (Wildman–Crippen MR) is 102 cm³/mol. The number of anilines is 1. The summed E-state index contributed by atoms with van der Waals surface area (Å²) in [5.74, 6) is -0.275. The van der Waals surface area contributed by atoms with Gasteiger partial charge in [0, 0.05) is 18.8 Å². The van der Waals surface area contributed by atoms with E-state index in [1.54, 1.807) is 13.8 Å². The fourth-order valence-corrected chi connectivity index (χ4v) is 5.45. The van der Waals surface area contributed by atoms with Gasteiger partial charge in [-0.3, -0.25) is 4.79 Å². The van der Waals surface area contributed by atoms with Crippen LogP contribution < -0.4 is 5.32 Å². The summed E-state index contributed by atoms with van der Waals surface area (Å²) >= 11 is 0. The van der Waals surface area contributed by atoms with Crippen molar-refractivity contribution < 1.29 is 17.7 Å². The highest BCUT2D eigenvalue weighted by molar-refractivity contribution is 7.89. The van der Waals surface area contributed by atoms with Gasteiger partial charge in [0.05, 0.1) is 5.92 Å². The number of carbonyl (C=O) groups is 1. The van der Waals surface area contributed by atoms with Gasteiger partial charge >= 0.3 is 0 Å². The van der Waals surface area contributed by atoms with Crippen molar-refractivity contribution in [2.45, 2.75) is 45.4 Å². The standard InChI is InChI=1S/C19H25N3O4S/c1-12-8-13(2)10-17(9-12)20-19(23)16-6-5-7-22(11-16)27(24,25)18-14(3)21-26-15(18)4/h8-10,16H,5-7,11H2,1-4H3,(H,20,23)/t16-/m0/s1. The zero-order chi connectivity index (χ0) is 19.8. The third-order valence-corrected chi connectivity index (χ3v) is 6.92. The van der Waals surface area contributed by atoms with E-state index in [1.807, 2.05) is 32.0 Å². The van der Waals surface area contributed by atoms with Crippen LogP contribution in [-0.4, -0.2) is 36.9 Å². The SMILES string of the molecule is Cc1cc(C)cc(NC(=O)[C@H]2CCCN(S(=O)(=O)c3c(C)noc3C)C2)c1. The van der Waals surface area contributed by atoms with Crippen molar-refractivity contribution in [3.8, 4) is 0 Å². The van der Waals surface area contributed by atoms with Gasteiger partial charge in [-0.25, -0.2) is 8.42 Å². The number of nitrogens with zero attached hydrogens (tertiary/aromatic N) is 2. The summed E-state index contributed by atoms with van der Waals surface area (Å²) in [5, 5.41) is 6.68. The van der Waals surface area contributed by atoms with Crippen LogP contribution in [0.2, 0.25) is 0 Å². The first-order valence-corrected chi connectivity index (χ1v) is 10.4. The van der Waals surface area contributed by atoms with Crippen LogP contribution in [0.4, 0.5) is 5.69 Å². The van der Waals surface area contributed by atoms with E-state index in [0.717, 1.165) is 16.8 Å². The monoisotopic (exact) mass is 391 g/mol. The molecule has 0 spiro atoms. The summed E-state index contributed by atoms with van der Waals surface area (Å²) in [6.45, 7) is 7.68. The van der Waals surface area contributed by atoms with Gasteiger partial charge in [0.25, 0.3) is 0 Å². The summed E-state index contributed by atoms with van der Waals surface area (Å²) in [6, 6.07) is 5.85. The highest BCUT2D eigenvalue weighted by Gasteiger charge is 2.36. The lowest BCUT2D eigenvalue weighted by molar-refractivity contribution is -0.120. The number of aromatic nitrogens is 1. The molecule has 27 heavy (non-hydrogen) atoms. The van der Waals surface area contributed by atoms with Gasteiger partial charge in [-0.2, -0.15) is 4.31 Å². The number of amides is 1. The lowest BCUT2D eigenvalue weighted by atomic mass is 9.98. The molecule has 1 aromatic carbocycles. The maximum atomic E-state index is 13.0. The summed E-state index contributed by atoms with van der Waals surface area (Å²) in [6.07, 6.45) is 1.29. The van der Waals surface area contributed by atoms with Gasteiger partial charge in [-0.1, -0.05) is 11.2 Å². The highest BCUT2D eigenvalue weighted by Crippen LogP contribution is 2.28. The Balaban J connectivity index is 1.76. The number of piperidine rings is 1. The normalized spacial score (nSPS) is 18.4. The molecule has 0 saturated carbocycles. The topological polar surface area (TPSA) is 92.5 Å². The number of hydrogen-bond acceptors (Lipinski definition) is 5. The van der Waals surface area contributed by atoms with E-state index in [0.29, 0.717) is 25.1 Å². The predicted octanol–water partition coefficient (Wildman–Crippen LogP) is 2.95. The van der Waals surface area contributed by atoms with Crippen molar-refractivity contribution in [1.29, 1.82) is 0 Å². The first kappa shape index (κ1) is 19.6. The largest absolute Gasteiger partial charge is 0.360 e. The molecule has 1 amide bonds. The molecule has 0 radical (unpaired) electrons. The fourth-order valence-electron chi connectivity index (χ4n) is 3.64. The van der Waals surface area contributed by atoms with Crippen LogP contribution in [0, 0.1) is 33.6 Å². The number of nitrogens with one attached hydrogen (secondary N) is 1. The Hall–Kier alpha value is -2.19. The number of hydrogen-bond donors (Lipinski definition) is 1. The molecule has 1 N–H and O–H groups in total. The molecule has 146 valence electrons. The van der Waals surface area contributed by atoms with Crippen molar-refractivity contribution in [1.82, 2.24) is 9.46 Å². The van der Waals surface area contributed by atoms with Gasteiger partial charge < -0.3 is 9.84 Å². The van der Waals surface area contributed by atoms with Crippen molar-refractivity contribution in [3.63, 3.8) is 0 Å². The first-order valence-electron chi connectivity index (χ1n) is 9.00. The molecule has 1 aliphatic rings. The van der Waals surface area contributed by atoms with Gasteiger partial charge in [-0.15, -0.1) is 0 Å². The Morgan fingerprint density at radius 2 is 1.85 bits per heavy atom. The lowest BCUT2D eigenvalue weighted by Gasteiger charge is -2.31. The quantitative estimate of drug-likeness (QED) is 0.865. The molecular formula is C19H25N3O4S. The van der Waals surface area contributed by atoms with Crippen LogP contribution in [0.5, 0.6) is 0 Å². The van der Waals surface area contributed by atoms with Gasteiger partial charge in [0.2, 0.25) is 15.9 Å². The van der Waals surface area contributed by atoms with E-state index in [2.05, 4.69) is 10.5 Å². The molecule has 8 heteroatoms. The average Bonchev–Trinajstić information content (AvgIpc) is 2.93. The second kappa shape index (κ2) is 7.44. The van der Waals surface area contributed by atoms with Crippen LogP contribution in [0.3, 0.4) is 0 Å². The smallest absolute Gasteiger partial charge is 0.248 e. The molecule has 1 aromatic heterocycles. The zero-order valence-electron chi connectivity index (χ0n) is 16.1.